The molecule has 1 aromatic heterocycles. The van der Waals surface area contributed by atoms with E-state index in [0.717, 1.165) is 18.4 Å². The maximum Gasteiger partial charge on any atom is 0.497 e. The topological polar surface area (TPSA) is 45.5 Å². The molecule has 0 spiro atoms. The molecule has 0 aromatic carbocycles. The minimum absolute atomic E-state index is 0.152. The zero-order chi connectivity index (χ0) is 15.8. The van der Waals surface area contributed by atoms with Gasteiger partial charge in [0.25, 0.3) is 0 Å². The Morgan fingerprint density at radius 1 is 1.29 bits per heavy atom. The zero-order valence-electron chi connectivity index (χ0n) is 14.2. The van der Waals surface area contributed by atoms with E-state index in [-0.39, 0.29) is 19.3 Å². The van der Waals surface area contributed by atoms with Crippen LogP contribution in [0.2, 0.25) is 0 Å². The second-order valence-electron chi connectivity index (χ2n) is 5.66. The van der Waals surface area contributed by atoms with E-state index in [0.29, 0.717) is 12.5 Å². The normalized spacial score (nSPS) is 14.4. The largest absolute Gasteiger partial charge is 0.497 e. The van der Waals surface area contributed by atoms with Crippen LogP contribution in [0.3, 0.4) is 0 Å². The molecule has 0 saturated carbocycles. The lowest BCUT2D eigenvalue weighted by Gasteiger charge is -2.19. The summed E-state index contributed by atoms with van der Waals surface area (Å²) < 4.78 is 19.0. The maximum absolute atomic E-state index is 5.91. The standard InChI is InChI=1S/C15H29BN2O3/c1-7-13(5)21-16(20-8-2)14-9-17-18(10-14)11-15(19-6)12(3)4/h9-10,12-13,15H,7-8,11H2,1-6H3. The highest BCUT2D eigenvalue weighted by atomic mass is 16.6. The van der Waals surface area contributed by atoms with Gasteiger partial charge in [0, 0.05) is 37.7 Å². The van der Waals surface area contributed by atoms with Gasteiger partial charge in [-0.15, -0.1) is 0 Å². The first-order chi connectivity index (χ1) is 10.0. The third-order valence-corrected chi connectivity index (χ3v) is 3.59. The van der Waals surface area contributed by atoms with Crippen molar-refractivity contribution in [1.82, 2.24) is 9.78 Å². The smallest absolute Gasteiger partial charge is 0.408 e. The predicted molar refractivity (Wildman–Crippen MR) is 85.7 cm³/mol. The van der Waals surface area contributed by atoms with Crippen LogP contribution in [-0.4, -0.2) is 42.8 Å². The zero-order valence-corrected chi connectivity index (χ0v) is 14.2. The maximum atomic E-state index is 5.91. The van der Waals surface area contributed by atoms with Gasteiger partial charge < -0.3 is 14.0 Å². The van der Waals surface area contributed by atoms with Gasteiger partial charge in [0.15, 0.2) is 0 Å². The number of rotatable bonds is 10. The fraction of sp³-hybridized carbons (Fsp3) is 0.800. The molecule has 6 heteroatoms. The minimum Gasteiger partial charge on any atom is -0.408 e. The molecule has 21 heavy (non-hydrogen) atoms. The molecule has 1 heterocycles. The van der Waals surface area contributed by atoms with Gasteiger partial charge in [-0.3, -0.25) is 4.68 Å². The van der Waals surface area contributed by atoms with Crippen molar-refractivity contribution >= 4 is 12.6 Å². The second-order valence-corrected chi connectivity index (χ2v) is 5.66. The van der Waals surface area contributed by atoms with E-state index in [9.17, 15) is 0 Å². The van der Waals surface area contributed by atoms with Gasteiger partial charge in [0.05, 0.1) is 12.6 Å². The van der Waals surface area contributed by atoms with Crippen molar-refractivity contribution in [2.75, 3.05) is 13.7 Å². The number of nitrogens with zero attached hydrogens (tertiary/aromatic N) is 2. The Balaban J connectivity index is 2.73. The SMILES string of the molecule is CCOB(OC(C)CC)c1cnn(CC(OC)C(C)C)c1. The molecule has 0 N–H and O–H groups in total. The fourth-order valence-electron chi connectivity index (χ4n) is 2.02. The predicted octanol–water partition coefficient (Wildman–Crippen LogP) is 2.10. The van der Waals surface area contributed by atoms with Crippen molar-refractivity contribution in [2.24, 2.45) is 5.92 Å². The molecule has 0 aliphatic heterocycles. The van der Waals surface area contributed by atoms with Gasteiger partial charge in [0.1, 0.15) is 0 Å². The summed E-state index contributed by atoms with van der Waals surface area (Å²) in [5, 5.41) is 4.40. The van der Waals surface area contributed by atoms with Crippen molar-refractivity contribution in [3.63, 3.8) is 0 Å². The van der Waals surface area contributed by atoms with Gasteiger partial charge in [-0.05, 0) is 26.2 Å². The summed E-state index contributed by atoms with van der Waals surface area (Å²) in [5.41, 5.74) is 0.954. The lowest BCUT2D eigenvalue weighted by molar-refractivity contribution is 0.0483. The number of aromatic nitrogens is 2. The van der Waals surface area contributed by atoms with Crippen LogP contribution < -0.4 is 5.46 Å². The quantitative estimate of drug-likeness (QED) is 0.620. The Bertz CT molecular complexity index is 398. The van der Waals surface area contributed by atoms with Gasteiger partial charge in [-0.1, -0.05) is 20.8 Å². The summed E-state index contributed by atoms with van der Waals surface area (Å²) in [7, 11) is 1.39. The molecule has 0 aliphatic rings. The van der Waals surface area contributed by atoms with Crippen LogP contribution in [0.15, 0.2) is 12.4 Å². The number of ether oxygens (including phenoxy) is 1. The van der Waals surface area contributed by atoms with Crippen LogP contribution in [-0.2, 0) is 20.6 Å². The van der Waals surface area contributed by atoms with Crippen LogP contribution in [0.1, 0.15) is 41.0 Å². The Labute approximate surface area is 129 Å². The molecule has 0 saturated heterocycles. The summed E-state index contributed by atoms with van der Waals surface area (Å²) in [4.78, 5) is 0. The average molecular weight is 296 g/mol. The van der Waals surface area contributed by atoms with Crippen LogP contribution in [0, 0.1) is 5.92 Å². The van der Waals surface area contributed by atoms with Gasteiger partial charge in [-0.2, -0.15) is 5.10 Å². The van der Waals surface area contributed by atoms with Gasteiger partial charge in [0.2, 0.25) is 0 Å². The molecule has 0 radical (unpaired) electrons. The molecular weight excluding hydrogens is 267 g/mol. The Hall–Kier alpha value is -0.845. The Morgan fingerprint density at radius 2 is 2.00 bits per heavy atom. The van der Waals surface area contributed by atoms with E-state index < -0.39 is 0 Å². The summed E-state index contributed by atoms with van der Waals surface area (Å²) in [5.74, 6) is 0.446. The average Bonchev–Trinajstić information content (AvgIpc) is 2.92. The Kier molecular flexibility index (Phi) is 8.00. The molecule has 120 valence electrons. The second kappa shape index (κ2) is 9.23. The number of hydrogen-bond acceptors (Lipinski definition) is 4. The van der Waals surface area contributed by atoms with Crippen molar-refractivity contribution in [3.05, 3.63) is 12.4 Å². The molecular formula is C15H29BN2O3. The van der Waals surface area contributed by atoms with E-state index in [1.54, 1.807) is 7.11 Å². The summed E-state index contributed by atoms with van der Waals surface area (Å²) >= 11 is 0. The molecule has 0 bridgehead atoms. The van der Waals surface area contributed by atoms with Crippen molar-refractivity contribution in [1.29, 1.82) is 0 Å². The van der Waals surface area contributed by atoms with E-state index >= 15 is 0 Å². The first kappa shape index (κ1) is 18.2. The minimum atomic E-state index is -0.348. The summed E-state index contributed by atoms with van der Waals surface area (Å²) in [6.07, 6.45) is 5.06. The first-order valence-corrected chi connectivity index (χ1v) is 7.83. The van der Waals surface area contributed by atoms with Crippen LogP contribution in [0.25, 0.3) is 0 Å². The van der Waals surface area contributed by atoms with Crippen molar-refractivity contribution in [3.8, 4) is 0 Å². The van der Waals surface area contributed by atoms with E-state index in [4.69, 9.17) is 14.0 Å². The highest BCUT2D eigenvalue weighted by Crippen LogP contribution is 2.08. The first-order valence-electron chi connectivity index (χ1n) is 7.83. The van der Waals surface area contributed by atoms with Gasteiger partial charge in [-0.25, -0.2) is 0 Å². The molecule has 0 fully saturated rings. The number of hydrogen-bond donors (Lipinski definition) is 0. The van der Waals surface area contributed by atoms with Crippen LogP contribution in [0.4, 0.5) is 0 Å². The molecule has 1 rings (SSSR count). The van der Waals surface area contributed by atoms with E-state index in [1.165, 1.54) is 0 Å². The third-order valence-electron chi connectivity index (χ3n) is 3.59. The summed E-state index contributed by atoms with van der Waals surface area (Å²) in [6.45, 7) is 11.8. The van der Waals surface area contributed by atoms with Crippen molar-refractivity contribution < 1.29 is 14.0 Å². The molecule has 0 aliphatic carbocycles. The van der Waals surface area contributed by atoms with E-state index in [1.807, 2.05) is 24.0 Å². The van der Waals surface area contributed by atoms with E-state index in [2.05, 4.69) is 32.8 Å². The lowest BCUT2D eigenvalue weighted by atomic mass is 9.81. The van der Waals surface area contributed by atoms with Gasteiger partial charge >= 0.3 is 7.12 Å². The molecule has 0 amide bonds. The molecule has 1 aromatic rings. The summed E-state index contributed by atoms with van der Waals surface area (Å²) in [6, 6.07) is 0. The lowest BCUT2D eigenvalue weighted by Crippen LogP contribution is -2.39. The third kappa shape index (κ3) is 5.81. The fourth-order valence-corrected chi connectivity index (χ4v) is 2.02. The molecule has 5 nitrogen and oxygen atoms in total. The van der Waals surface area contributed by atoms with Crippen molar-refractivity contribution in [2.45, 2.75) is 59.8 Å². The number of methoxy groups -OCH3 is 1. The highest BCUT2D eigenvalue weighted by Gasteiger charge is 2.25. The monoisotopic (exact) mass is 296 g/mol. The van der Waals surface area contributed by atoms with Crippen LogP contribution in [0.5, 0.6) is 0 Å². The Morgan fingerprint density at radius 3 is 2.52 bits per heavy atom. The van der Waals surface area contributed by atoms with Crippen LogP contribution >= 0.6 is 0 Å². The molecule has 2 atom stereocenters. The molecule has 2 unspecified atom stereocenters. The highest BCUT2D eigenvalue weighted by molar-refractivity contribution is 6.61.